The molecule has 0 atom stereocenters. The number of amidine groups is 1. The SMILES string of the molecule is CC(C)(C)C(N)=CC(N)=Nc1cccc(OCCCO)c1. The first-order valence-electron chi connectivity index (χ1n) is 6.98. The van der Waals surface area contributed by atoms with Crippen LogP contribution in [0.2, 0.25) is 0 Å². The third kappa shape index (κ3) is 6.31. The first-order valence-corrected chi connectivity index (χ1v) is 6.98. The molecule has 0 aliphatic rings. The zero-order valence-corrected chi connectivity index (χ0v) is 13.0. The average molecular weight is 291 g/mol. The van der Waals surface area contributed by atoms with Crippen molar-refractivity contribution in [2.75, 3.05) is 13.2 Å². The van der Waals surface area contributed by atoms with Crippen molar-refractivity contribution in [3.8, 4) is 5.75 Å². The molecule has 5 N–H and O–H groups in total. The molecule has 0 radical (unpaired) electrons. The van der Waals surface area contributed by atoms with Gasteiger partial charge in [-0.3, -0.25) is 0 Å². The number of aliphatic imine (C=N–C) groups is 1. The van der Waals surface area contributed by atoms with E-state index in [9.17, 15) is 0 Å². The fourth-order valence-corrected chi connectivity index (χ4v) is 1.45. The van der Waals surface area contributed by atoms with Gasteiger partial charge in [-0.1, -0.05) is 26.8 Å². The van der Waals surface area contributed by atoms with Crippen molar-refractivity contribution in [1.82, 2.24) is 0 Å². The Labute approximate surface area is 126 Å². The largest absolute Gasteiger partial charge is 0.493 e. The zero-order valence-electron chi connectivity index (χ0n) is 13.0. The number of hydrogen-bond acceptors (Lipinski definition) is 4. The Morgan fingerprint density at radius 1 is 1.33 bits per heavy atom. The molecule has 116 valence electrons. The lowest BCUT2D eigenvalue weighted by Crippen LogP contribution is -2.20. The number of ether oxygens (including phenoxy) is 1. The van der Waals surface area contributed by atoms with Crippen molar-refractivity contribution < 1.29 is 9.84 Å². The minimum atomic E-state index is -0.143. The lowest BCUT2D eigenvalue weighted by Gasteiger charge is -2.18. The Hall–Kier alpha value is -2.01. The van der Waals surface area contributed by atoms with E-state index in [1.807, 2.05) is 39.0 Å². The van der Waals surface area contributed by atoms with E-state index < -0.39 is 0 Å². The molecule has 0 saturated heterocycles. The summed E-state index contributed by atoms with van der Waals surface area (Å²) in [7, 11) is 0. The van der Waals surface area contributed by atoms with Crippen LogP contribution in [-0.4, -0.2) is 24.2 Å². The van der Waals surface area contributed by atoms with Gasteiger partial charge in [-0.2, -0.15) is 0 Å². The molecule has 0 heterocycles. The monoisotopic (exact) mass is 291 g/mol. The van der Waals surface area contributed by atoms with E-state index in [1.54, 1.807) is 12.1 Å². The number of benzene rings is 1. The highest BCUT2D eigenvalue weighted by molar-refractivity contribution is 5.94. The van der Waals surface area contributed by atoms with Crippen LogP contribution in [0.25, 0.3) is 0 Å². The third-order valence-corrected chi connectivity index (χ3v) is 2.82. The second kappa shape index (κ2) is 7.69. The molecule has 0 saturated carbocycles. The molecule has 0 aromatic heterocycles. The quantitative estimate of drug-likeness (QED) is 0.426. The summed E-state index contributed by atoms with van der Waals surface area (Å²) >= 11 is 0. The van der Waals surface area contributed by atoms with Gasteiger partial charge < -0.3 is 21.3 Å². The van der Waals surface area contributed by atoms with Crippen molar-refractivity contribution in [1.29, 1.82) is 0 Å². The summed E-state index contributed by atoms with van der Waals surface area (Å²) in [6, 6.07) is 7.32. The van der Waals surface area contributed by atoms with Crippen molar-refractivity contribution in [2.45, 2.75) is 27.2 Å². The molecule has 1 rings (SSSR count). The van der Waals surface area contributed by atoms with E-state index >= 15 is 0 Å². The molecular formula is C16H25N3O2. The van der Waals surface area contributed by atoms with E-state index in [2.05, 4.69) is 4.99 Å². The molecule has 0 unspecified atom stereocenters. The highest BCUT2D eigenvalue weighted by atomic mass is 16.5. The van der Waals surface area contributed by atoms with Crippen LogP contribution in [0, 0.1) is 5.41 Å². The van der Waals surface area contributed by atoms with Crippen molar-refractivity contribution >= 4 is 11.5 Å². The maximum Gasteiger partial charge on any atom is 0.125 e. The Bertz CT molecular complexity index is 516. The van der Waals surface area contributed by atoms with Crippen LogP contribution in [0.15, 0.2) is 41.0 Å². The first-order chi connectivity index (χ1) is 9.82. The molecular weight excluding hydrogens is 266 g/mol. The van der Waals surface area contributed by atoms with Crippen LogP contribution >= 0.6 is 0 Å². The molecule has 0 aliphatic carbocycles. The molecule has 1 aromatic rings. The lowest BCUT2D eigenvalue weighted by atomic mass is 9.92. The van der Waals surface area contributed by atoms with Crippen LogP contribution in [0.3, 0.4) is 0 Å². The number of aliphatic hydroxyl groups excluding tert-OH is 1. The normalized spacial score (nSPS) is 13.3. The van der Waals surface area contributed by atoms with Crippen molar-refractivity contribution in [3.05, 3.63) is 36.0 Å². The summed E-state index contributed by atoms with van der Waals surface area (Å²) in [6.07, 6.45) is 2.28. The Morgan fingerprint density at radius 3 is 2.67 bits per heavy atom. The number of rotatable bonds is 6. The van der Waals surface area contributed by atoms with E-state index in [-0.39, 0.29) is 12.0 Å². The summed E-state index contributed by atoms with van der Waals surface area (Å²) < 4.78 is 5.49. The Morgan fingerprint density at radius 2 is 2.05 bits per heavy atom. The van der Waals surface area contributed by atoms with Gasteiger partial charge in [0.1, 0.15) is 11.6 Å². The van der Waals surface area contributed by atoms with Gasteiger partial charge in [0.05, 0.1) is 12.3 Å². The molecule has 0 spiro atoms. The van der Waals surface area contributed by atoms with Gasteiger partial charge in [-0.15, -0.1) is 0 Å². The highest BCUT2D eigenvalue weighted by Gasteiger charge is 2.13. The number of allylic oxidation sites excluding steroid dienone is 1. The van der Waals surface area contributed by atoms with Gasteiger partial charge in [-0.05, 0) is 18.2 Å². The van der Waals surface area contributed by atoms with E-state index in [0.717, 1.165) is 0 Å². The van der Waals surface area contributed by atoms with Crippen LogP contribution in [0.4, 0.5) is 5.69 Å². The Kier molecular flexibility index (Phi) is 6.24. The first kappa shape index (κ1) is 17.0. The summed E-state index contributed by atoms with van der Waals surface area (Å²) in [5.74, 6) is 1.06. The van der Waals surface area contributed by atoms with E-state index in [4.69, 9.17) is 21.3 Å². The molecule has 21 heavy (non-hydrogen) atoms. The molecule has 5 heteroatoms. The summed E-state index contributed by atoms with van der Waals surface area (Å²) in [5, 5.41) is 8.73. The standard InChI is InChI=1S/C16H25N3O2/c1-16(2,3)14(17)11-15(18)19-12-6-4-7-13(10-12)21-9-5-8-20/h4,6-7,10-11,20H,5,8-9,17H2,1-3H3,(H2,18,19). The number of hydrogen-bond donors (Lipinski definition) is 3. The molecule has 0 aliphatic heterocycles. The summed E-state index contributed by atoms with van der Waals surface area (Å²) in [4.78, 5) is 4.31. The third-order valence-electron chi connectivity index (χ3n) is 2.82. The predicted octanol–water partition coefficient (Wildman–Crippen LogP) is 2.33. The van der Waals surface area contributed by atoms with E-state index in [1.165, 1.54) is 0 Å². The van der Waals surface area contributed by atoms with Crippen LogP contribution in [-0.2, 0) is 0 Å². The number of nitrogens with two attached hydrogens (primary N) is 2. The molecule has 5 nitrogen and oxygen atoms in total. The maximum atomic E-state index is 8.73. The average Bonchev–Trinajstić information content (AvgIpc) is 2.38. The zero-order chi connectivity index (χ0) is 15.9. The van der Waals surface area contributed by atoms with Crippen LogP contribution in [0.1, 0.15) is 27.2 Å². The fraction of sp³-hybridized carbons (Fsp3) is 0.438. The van der Waals surface area contributed by atoms with Gasteiger partial charge in [0, 0.05) is 30.2 Å². The highest BCUT2D eigenvalue weighted by Crippen LogP contribution is 2.22. The van der Waals surface area contributed by atoms with Gasteiger partial charge >= 0.3 is 0 Å². The maximum absolute atomic E-state index is 8.73. The molecule has 0 amide bonds. The second-order valence-electron chi connectivity index (χ2n) is 5.81. The van der Waals surface area contributed by atoms with Gasteiger partial charge in [0.25, 0.3) is 0 Å². The van der Waals surface area contributed by atoms with Crippen LogP contribution in [0.5, 0.6) is 5.75 Å². The van der Waals surface area contributed by atoms with Gasteiger partial charge in [0.2, 0.25) is 0 Å². The smallest absolute Gasteiger partial charge is 0.125 e. The van der Waals surface area contributed by atoms with Crippen molar-refractivity contribution in [3.63, 3.8) is 0 Å². The number of aliphatic hydroxyl groups is 1. The molecule has 0 bridgehead atoms. The molecule has 1 aromatic carbocycles. The lowest BCUT2D eigenvalue weighted by molar-refractivity contribution is 0.233. The topological polar surface area (TPSA) is 93.9 Å². The fourth-order valence-electron chi connectivity index (χ4n) is 1.45. The summed E-state index contributed by atoms with van der Waals surface area (Å²) in [5.41, 5.74) is 13.1. The van der Waals surface area contributed by atoms with Gasteiger partial charge in [0.15, 0.2) is 0 Å². The number of nitrogens with zero attached hydrogens (tertiary/aromatic N) is 1. The molecule has 0 fully saturated rings. The summed E-state index contributed by atoms with van der Waals surface area (Å²) in [6.45, 7) is 6.63. The van der Waals surface area contributed by atoms with Crippen LogP contribution < -0.4 is 16.2 Å². The van der Waals surface area contributed by atoms with Crippen molar-refractivity contribution in [2.24, 2.45) is 21.9 Å². The Balaban J connectivity index is 2.82. The minimum absolute atomic E-state index is 0.113. The van der Waals surface area contributed by atoms with E-state index in [0.29, 0.717) is 36.0 Å². The second-order valence-corrected chi connectivity index (χ2v) is 5.81. The minimum Gasteiger partial charge on any atom is -0.493 e. The predicted molar refractivity (Wildman–Crippen MR) is 86.6 cm³/mol. The van der Waals surface area contributed by atoms with Gasteiger partial charge in [-0.25, -0.2) is 4.99 Å².